The lowest BCUT2D eigenvalue weighted by molar-refractivity contribution is -0.161. The molecule has 0 aromatic carbocycles. The molecule has 0 aromatic heterocycles. The van der Waals surface area contributed by atoms with Crippen LogP contribution in [0.1, 0.15) is 316 Å². The van der Waals surface area contributed by atoms with E-state index in [2.05, 4.69) is 45.1 Å². The van der Waals surface area contributed by atoms with E-state index in [0.29, 0.717) is 19.3 Å². The molecule has 0 spiro atoms. The summed E-state index contributed by atoms with van der Waals surface area (Å²) >= 11 is 0. The molecule has 436 valence electrons. The zero-order valence-corrected chi connectivity index (χ0v) is 49.2. The summed E-state index contributed by atoms with van der Waals surface area (Å²) < 4.78 is 39.6. The molecule has 0 bridgehead atoms. The number of carbonyl (C=O) groups is 3. The summed E-state index contributed by atoms with van der Waals surface area (Å²) in [6, 6.07) is 0. The summed E-state index contributed by atoms with van der Waals surface area (Å²) in [6.07, 6.45) is 58.4. The first kappa shape index (κ1) is 72.0. The quantitative estimate of drug-likeness (QED) is 0.0197. The molecule has 74 heavy (non-hydrogen) atoms. The van der Waals surface area contributed by atoms with E-state index in [1.807, 2.05) is 0 Å². The van der Waals surface area contributed by atoms with Crippen molar-refractivity contribution in [2.75, 3.05) is 26.4 Å². The lowest BCUT2D eigenvalue weighted by Crippen LogP contribution is -2.30. The van der Waals surface area contributed by atoms with Crippen molar-refractivity contribution < 1.29 is 52.2 Å². The van der Waals surface area contributed by atoms with E-state index in [1.54, 1.807) is 0 Å². The van der Waals surface area contributed by atoms with Gasteiger partial charge in [-0.25, -0.2) is 4.57 Å². The van der Waals surface area contributed by atoms with Gasteiger partial charge in [0.2, 0.25) is 0 Å². The second-order valence-electron chi connectivity index (χ2n) is 21.2. The molecular formula is C62H117O11P. The molecule has 0 saturated carbocycles. The molecule has 0 aliphatic heterocycles. The third-order valence-corrected chi connectivity index (χ3v) is 14.8. The zero-order valence-electron chi connectivity index (χ0n) is 48.3. The first-order valence-corrected chi connectivity index (χ1v) is 32.7. The Labute approximate surface area is 455 Å². The van der Waals surface area contributed by atoms with Crippen LogP contribution in [0.2, 0.25) is 0 Å². The molecular weight excluding hydrogens is 952 g/mol. The van der Waals surface area contributed by atoms with Crippen molar-refractivity contribution in [1.82, 2.24) is 0 Å². The van der Waals surface area contributed by atoms with Crippen molar-refractivity contribution in [3.8, 4) is 0 Å². The van der Waals surface area contributed by atoms with Crippen LogP contribution in [-0.2, 0) is 42.2 Å². The molecule has 0 aromatic rings. The highest BCUT2D eigenvalue weighted by Gasteiger charge is 2.28. The minimum Gasteiger partial charge on any atom is -0.462 e. The molecule has 12 heteroatoms. The number of ether oxygens (including phenoxy) is 3. The normalized spacial score (nSPS) is 13.4. The fraction of sp³-hybridized carbons (Fsp3) is 0.887. The predicted molar refractivity (Wildman–Crippen MR) is 307 cm³/mol. The van der Waals surface area contributed by atoms with Gasteiger partial charge in [-0.15, -0.1) is 0 Å². The topological polar surface area (TPSA) is 155 Å². The van der Waals surface area contributed by atoms with Crippen LogP contribution in [0.25, 0.3) is 0 Å². The van der Waals surface area contributed by atoms with Gasteiger partial charge in [-0.05, 0) is 51.4 Å². The number of allylic oxidation sites excluding steroid dienone is 4. The number of carbonyl (C=O) groups excluding carboxylic acids is 3. The van der Waals surface area contributed by atoms with E-state index in [-0.39, 0.29) is 25.9 Å². The number of hydrogen-bond donors (Lipinski definition) is 2. The van der Waals surface area contributed by atoms with E-state index < -0.39 is 57.8 Å². The highest BCUT2D eigenvalue weighted by Crippen LogP contribution is 2.43. The van der Waals surface area contributed by atoms with Crippen LogP contribution in [0.5, 0.6) is 0 Å². The van der Waals surface area contributed by atoms with Gasteiger partial charge in [0.1, 0.15) is 12.7 Å². The summed E-state index contributed by atoms with van der Waals surface area (Å²) in [4.78, 5) is 48.6. The van der Waals surface area contributed by atoms with Crippen molar-refractivity contribution in [3.05, 3.63) is 24.3 Å². The summed E-state index contributed by atoms with van der Waals surface area (Å²) in [5, 5.41) is 9.82. The average Bonchev–Trinajstić information content (AvgIpc) is 3.39. The van der Waals surface area contributed by atoms with Crippen molar-refractivity contribution in [1.29, 1.82) is 0 Å². The van der Waals surface area contributed by atoms with Gasteiger partial charge in [0.25, 0.3) is 0 Å². The lowest BCUT2D eigenvalue weighted by atomic mass is 10.0. The molecule has 0 aliphatic carbocycles. The molecule has 11 nitrogen and oxygen atoms in total. The Balaban J connectivity index is 4.68. The molecule has 2 N–H and O–H groups in total. The Kier molecular flexibility index (Phi) is 55.6. The Morgan fingerprint density at radius 3 is 1.03 bits per heavy atom. The number of esters is 3. The molecule has 0 aliphatic rings. The second kappa shape index (κ2) is 57.1. The highest BCUT2D eigenvalue weighted by molar-refractivity contribution is 7.47. The van der Waals surface area contributed by atoms with Crippen molar-refractivity contribution >= 4 is 25.7 Å². The number of aliphatic hydroxyl groups is 1. The smallest absolute Gasteiger partial charge is 0.462 e. The van der Waals surface area contributed by atoms with E-state index in [1.165, 1.54) is 180 Å². The van der Waals surface area contributed by atoms with Crippen LogP contribution in [0.4, 0.5) is 0 Å². The standard InChI is InChI=1S/C62H117O11P/c1-4-7-10-13-16-19-22-25-27-29-31-34-36-39-42-45-48-51-60(64)69-55-59(73-62(66)53-50-47-44-41-38-35-32-30-28-26-23-20-17-14-11-8-5-2)57-71-74(67,68)70-56-58(54-63)72-61(65)52-49-46-43-40-37-33-24-21-18-15-12-9-6-3/h17,20,26,28,58-59,63H,4-16,18-19,21-25,27,29-57H2,1-3H3,(H,67,68)/b20-17-,28-26-. The van der Waals surface area contributed by atoms with E-state index >= 15 is 0 Å². The number of phosphoric acid groups is 1. The highest BCUT2D eigenvalue weighted by atomic mass is 31.2. The SMILES string of the molecule is CCCCC/C=C\C/C=C\CCCCCCCCCC(=O)OC(COC(=O)CCCCCCCCCCCCCCCCCCC)COP(=O)(O)OCC(CO)OC(=O)CCCCCCCCCCCCCCC. The first-order chi connectivity index (χ1) is 36.2. The maximum absolute atomic E-state index is 12.9. The molecule has 0 heterocycles. The summed E-state index contributed by atoms with van der Waals surface area (Å²) in [6.45, 7) is 4.68. The van der Waals surface area contributed by atoms with Crippen LogP contribution in [0.15, 0.2) is 24.3 Å². The fourth-order valence-corrected chi connectivity index (χ4v) is 9.88. The first-order valence-electron chi connectivity index (χ1n) is 31.2. The Morgan fingerprint density at radius 1 is 0.378 bits per heavy atom. The van der Waals surface area contributed by atoms with Gasteiger partial charge >= 0.3 is 25.7 Å². The molecule has 0 saturated heterocycles. The number of aliphatic hydroxyl groups excluding tert-OH is 1. The summed E-state index contributed by atoms with van der Waals surface area (Å²) in [5.74, 6) is -1.44. The van der Waals surface area contributed by atoms with E-state index in [0.717, 1.165) is 77.0 Å². The third-order valence-electron chi connectivity index (χ3n) is 13.9. The maximum atomic E-state index is 12.9. The predicted octanol–water partition coefficient (Wildman–Crippen LogP) is 18.6. The Morgan fingerprint density at radius 2 is 0.662 bits per heavy atom. The van der Waals surface area contributed by atoms with Gasteiger partial charge in [0, 0.05) is 19.3 Å². The minimum atomic E-state index is -4.74. The van der Waals surface area contributed by atoms with Gasteiger partial charge in [-0.1, -0.05) is 270 Å². The second-order valence-corrected chi connectivity index (χ2v) is 22.7. The van der Waals surface area contributed by atoms with Crippen LogP contribution in [0.3, 0.4) is 0 Å². The van der Waals surface area contributed by atoms with Gasteiger partial charge in [-0.3, -0.25) is 23.4 Å². The fourth-order valence-electron chi connectivity index (χ4n) is 9.10. The monoisotopic (exact) mass is 1070 g/mol. The third kappa shape index (κ3) is 54.7. The largest absolute Gasteiger partial charge is 0.472 e. The van der Waals surface area contributed by atoms with Crippen molar-refractivity contribution in [2.45, 2.75) is 328 Å². The van der Waals surface area contributed by atoms with E-state index in [9.17, 15) is 28.9 Å². The molecule has 3 atom stereocenters. The lowest BCUT2D eigenvalue weighted by Gasteiger charge is -2.21. The average molecular weight is 1070 g/mol. The summed E-state index contributed by atoms with van der Waals surface area (Å²) in [5.41, 5.74) is 0. The maximum Gasteiger partial charge on any atom is 0.472 e. The van der Waals surface area contributed by atoms with Gasteiger partial charge in [-0.2, -0.15) is 0 Å². The van der Waals surface area contributed by atoms with Crippen LogP contribution >= 0.6 is 7.82 Å². The van der Waals surface area contributed by atoms with Crippen LogP contribution in [-0.4, -0.2) is 66.5 Å². The molecule has 0 rings (SSSR count). The Hall–Kier alpha value is -2.04. The Bertz CT molecular complexity index is 1340. The van der Waals surface area contributed by atoms with Crippen LogP contribution in [0, 0.1) is 0 Å². The molecule has 0 fully saturated rings. The van der Waals surface area contributed by atoms with Crippen molar-refractivity contribution in [2.24, 2.45) is 0 Å². The van der Waals surface area contributed by atoms with Gasteiger partial charge < -0.3 is 24.2 Å². The van der Waals surface area contributed by atoms with Crippen molar-refractivity contribution in [3.63, 3.8) is 0 Å². The van der Waals surface area contributed by atoms with Gasteiger partial charge in [0.15, 0.2) is 6.10 Å². The van der Waals surface area contributed by atoms with Gasteiger partial charge in [0.05, 0.1) is 19.8 Å². The zero-order chi connectivity index (χ0) is 54.1. The summed E-state index contributed by atoms with van der Waals surface area (Å²) in [7, 11) is -4.74. The molecule has 0 radical (unpaired) electrons. The van der Waals surface area contributed by atoms with E-state index in [4.69, 9.17) is 23.3 Å². The number of phosphoric ester groups is 1. The number of rotatable bonds is 59. The minimum absolute atomic E-state index is 0.164. The van der Waals surface area contributed by atoms with Crippen LogP contribution < -0.4 is 0 Å². The molecule has 3 unspecified atom stereocenters. The number of hydrogen-bond acceptors (Lipinski definition) is 10. The molecule has 0 amide bonds. The number of unbranched alkanes of at least 4 members (excludes halogenated alkanes) is 38.